The smallest absolute Gasteiger partial charge is 0.327 e. The monoisotopic (exact) mass is 529 g/mol. The van der Waals surface area contributed by atoms with Gasteiger partial charge in [0, 0.05) is 24.6 Å². The Balaban J connectivity index is 1.88. The molecule has 4 amide bonds. The molecule has 0 aromatic rings. The van der Waals surface area contributed by atoms with Crippen LogP contribution >= 0.6 is 21.6 Å². The number of carbonyl (C=O) groups excluding carboxylic acids is 4. The number of hydrogen-bond acceptors (Lipinski definition) is 8. The molecule has 3 heterocycles. The summed E-state index contributed by atoms with van der Waals surface area (Å²) < 4.78 is 0. The first-order valence-electron chi connectivity index (χ1n) is 12.0. The highest BCUT2D eigenvalue weighted by molar-refractivity contribution is 8.76. The lowest BCUT2D eigenvalue weighted by molar-refractivity contribution is -0.147. The van der Waals surface area contributed by atoms with Gasteiger partial charge in [0.2, 0.25) is 23.6 Å². The highest BCUT2D eigenvalue weighted by Gasteiger charge is 2.43. The second kappa shape index (κ2) is 12.3. The molecule has 0 aromatic heterocycles. The van der Waals surface area contributed by atoms with Crippen LogP contribution in [0.3, 0.4) is 0 Å². The van der Waals surface area contributed by atoms with Crippen LogP contribution in [0.1, 0.15) is 46.0 Å². The predicted octanol–water partition coefficient (Wildman–Crippen LogP) is -0.209. The van der Waals surface area contributed by atoms with Gasteiger partial charge in [-0.3, -0.25) is 19.2 Å². The van der Waals surface area contributed by atoms with Gasteiger partial charge in [-0.05, 0) is 38.0 Å². The fourth-order valence-corrected chi connectivity index (χ4v) is 6.99. The summed E-state index contributed by atoms with van der Waals surface area (Å²) in [6.07, 6.45) is 2.62. The number of nitrogens with zero attached hydrogens (tertiary/aromatic N) is 2. The molecule has 1 unspecified atom stereocenters. The third-order valence-electron chi connectivity index (χ3n) is 6.50. The van der Waals surface area contributed by atoms with Gasteiger partial charge in [-0.15, -0.1) is 0 Å². The van der Waals surface area contributed by atoms with Crippen LogP contribution in [0.4, 0.5) is 0 Å². The summed E-state index contributed by atoms with van der Waals surface area (Å²) in [5.74, 6) is -2.41. The number of aliphatic carboxylic acids is 1. The number of rotatable bonds is 3. The molecular weight excluding hydrogens is 494 g/mol. The van der Waals surface area contributed by atoms with E-state index in [9.17, 15) is 29.1 Å². The summed E-state index contributed by atoms with van der Waals surface area (Å²) >= 11 is 0. The largest absolute Gasteiger partial charge is 0.480 e. The van der Waals surface area contributed by atoms with Crippen molar-refractivity contribution < 1.29 is 29.1 Å². The maximum absolute atomic E-state index is 13.5. The Labute approximate surface area is 213 Å². The van der Waals surface area contributed by atoms with Crippen LogP contribution in [0.25, 0.3) is 0 Å². The Kier molecular flexibility index (Phi) is 9.70. The van der Waals surface area contributed by atoms with E-state index < -0.39 is 48.0 Å². The van der Waals surface area contributed by atoms with Gasteiger partial charge in [-0.1, -0.05) is 35.4 Å². The van der Waals surface area contributed by atoms with E-state index in [-0.39, 0.29) is 29.2 Å². The molecule has 0 saturated carbocycles. The van der Waals surface area contributed by atoms with Crippen LogP contribution in [-0.2, 0) is 24.0 Å². The first-order chi connectivity index (χ1) is 16.6. The van der Waals surface area contributed by atoms with Crippen molar-refractivity contribution in [2.24, 2.45) is 11.7 Å². The molecule has 0 radical (unpaired) electrons. The molecule has 35 heavy (non-hydrogen) atoms. The molecule has 0 spiro atoms. The lowest BCUT2D eigenvalue weighted by Gasteiger charge is -2.32. The molecule has 0 bridgehead atoms. The van der Waals surface area contributed by atoms with Crippen LogP contribution in [0.5, 0.6) is 0 Å². The number of carboxylic acid groups (broad SMARTS) is 1. The number of carbonyl (C=O) groups is 5. The van der Waals surface area contributed by atoms with E-state index in [0.29, 0.717) is 45.2 Å². The van der Waals surface area contributed by atoms with Gasteiger partial charge in [0.15, 0.2) is 0 Å². The van der Waals surface area contributed by atoms with Gasteiger partial charge in [0.05, 0.1) is 6.04 Å². The Morgan fingerprint density at radius 3 is 2.20 bits per heavy atom. The molecule has 0 aliphatic carbocycles. The minimum atomic E-state index is -1.19. The van der Waals surface area contributed by atoms with Crippen molar-refractivity contribution in [1.82, 2.24) is 20.4 Å². The Morgan fingerprint density at radius 2 is 1.57 bits per heavy atom. The quantitative estimate of drug-likeness (QED) is 0.362. The third kappa shape index (κ3) is 6.82. The second-order valence-electron chi connectivity index (χ2n) is 9.64. The molecule has 13 heteroatoms. The van der Waals surface area contributed by atoms with Crippen LogP contribution in [0.15, 0.2) is 0 Å². The fourth-order valence-electron chi connectivity index (χ4n) is 4.72. The second-order valence-corrected chi connectivity index (χ2v) is 12.2. The molecule has 11 nitrogen and oxygen atoms in total. The Bertz CT molecular complexity index is 843. The summed E-state index contributed by atoms with van der Waals surface area (Å²) in [5.41, 5.74) is 6.12. The number of nitrogens with one attached hydrogen (secondary N) is 2. The van der Waals surface area contributed by atoms with Crippen molar-refractivity contribution in [3.63, 3.8) is 0 Å². The summed E-state index contributed by atoms with van der Waals surface area (Å²) in [6.45, 7) is 4.64. The van der Waals surface area contributed by atoms with E-state index >= 15 is 0 Å². The van der Waals surface area contributed by atoms with E-state index in [4.69, 9.17) is 5.73 Å². The average molecular weight is 530 g/mol. The van der Waals surface area contributed by atoms with Crippen molar-refractivity contribution in [1.29, 1.82) is 0 Å². The van der Waals surface area contributed by atoms with Gasteiger partial charge in [-0.2, -0.15) is 0 Å². The maximum Gasteiger partial charge on any atom is 0.327 e. The SMILES string of the molecule is CC(C)CC1NC(=O)[C@@H]2CCCN2C(=O)[C@@H]2CCCN2C(=O)[C@H](N)CSSC[C@@H](C(=O)O)NC1=O. The van der Waals surface area contributed by atoms with Crippen LogP contribution in [0.2, 0.25) is 0 Å². The van der Waals surface area contributed by atoms with Crippen molar-refractivity contribution in [3.05, 3.63) is 0 Å². The summed E-state index contributed by atoms with van der Waals surface area (Å²) in [4.78, 5) is 67.5. The van der Waals surface area contributed by atoms with Gasteiger partial charge < -0.3 is 31.3 Å². The van der Waals surface area contributed by atoms with E-state index in [1.54, 1.807) is 0 Å². The molecule has 0 aromatic carbocycles. The number of amides is 4. The molecule has 3 aliphatic heterocycles. The van der Waals surface area contributed by atoms with Crippen LogP contribution in [-0.4, -0.2) is 99.3 Å². The van der Waals surface area contributed by atoms with Gasteiger partial charge >= 0.3 is 5.97 Å². The first kappa shape index (κ1) is 27.6. The fraction of sp³-hybridized carbons (Fsp3) is 0.773. The maximum atomic E-state index is 13.5. The molecule has 3 rings (SSSR count). The first-order valence-corrected chi connectivity index (χ1v) is 14.5. The number of fused-ring (bicyclic) bond motifs is 2. The Morgan fingerprint density at radius 1 is 0.971 bits per heavy atom. The summed E-state index contributed by atoms with van der Waals surface area (Å²) in [5, 5.41) is 14.9. The highest BCUT2D eigenvalue weighted by Crippen LogP contribution is 2.28. The summed E-state index contributed by atoms with van der Waals surface area (Å²) in [7, 11) is 2.45. The highest BCUT2D eigenvalue weighted by atomic mass is 33.1. The molecule has 3 aliphatic rings. The lowest BCUT2D eigenvalue weighted by atomic mass is 10.0. The van der Waals surface area contributed by atoms with E-state index in [1.165, 1.54) is 31.4 Å². The molecule has 3 saturated heterocycles. The molecular formula is C22H35N5O6S2. The topological polar surface area (TPSA) is 162 Å². The number of hydrogen-bond donors (Lipinski definition) is 4. The zero-order chi connectivity index (χ0) is 25.7. The molecule has 5 N–H and O–H groups in total. The van der Waals surface area contributed by atoms with Crippen LogP contribution < -0.4 is 16.4 Å². The number of carboxylic acids is 1. The predicted molar refractivity (Wildman–Crippen MR) is 133 cm³/mol. The van der Waals surface area contributed by atoms with Crippen molar-refractivity contribution in [2.75, 3.05) is 24.6 Å². The van der Waals surface area contributed by atoms with Crippen molar-refractivity contribution in [3.8, 4) is 0 Å². The van der Waals surface area contributed by atoms with E-state index in [1.807, 2.05) is 13.8 Å². The zero-order valence-corrected chi connectivity index (χ0v) is 21.7. The number of nitrogens with two attached hydrogens (primary N) is 1. The summed E-state index contributed by atoms with van der Waals surface area (Å²) in [6, 6.07) is -4.33. The van der Waals surface area contributed by atoms with Crippen molar-refractivity contribution in [2.45, 2.75) is 76.2 Å². The van der Waals surface area contributed by atoms with Gasteiger partial charge in [0.25, 0.3) is 0 Å². The molecule has 3 fully saturated rings. The minimum absolute atomic E-state index is 0.0641. The lowest BCUT2D eigenvalue weighted by Crippen LogP contribution is -2.58. The van der Waals surface area contributed by atoms with Crippen molar-refractivity contribution >= 4 is 51.2 Å². The molecule has 196 valence electrons. The van der Waals surface area contributed by atoms with Crippen LogP contribution in [0, 0.1) is 5.92 Å². The molecule has 5 atom stereocenters. The van der Waals surface area contributed by atoms with Gasteiger partial charge in [0.1, 0.15) is 24.2 Å². The average Bonchev–Trinajstić information content (AvgIpc) is 3.48. The zero-order valence-electron chi connectivity index (χ0n) is 20.1. The standard InChI is InChI=1S/C22H35N5O6S2/c1-12(2)9-14-18(28)25-15(22(32)33)11-35-34-10-13(23)20(30)27-8-4-6-17(27)21(31)26-7-3-5-16(26)19(29)24-14/h12-17H,3-11,23H2,1-2H3,(H,24,29)(H,25,28)(H,32,33)/t13-,14?,15+,16+,17+/m1/s1. The van der Waals surface area contributed by atoms with Gasteiger partial charge in [-0.25, -0.2) is 4.79 Å². The minimum Gasteiger partial charge on any atom is -0.480 e. The normalized spacial score (nSPS) is 31.6. The van der Waals surface area contributed by atoms with E-state index in [2.05, 4.69) is 10.6 Å². The Hall–Kier alpha value is -1.99. The van der Waals surface area contributed by atoms with E-state index in [0.717, 1.165) is 0 Å². The third-order valence-corrected chi connectivity index (χ3v) is 8.94.